The molecular weight excluding hydrogens is 405 g/mol. The summed E-state index contributed by atoms with van der Waals surface area (Å²) in [6.07, 6.45) is -4.60. The number of hydrogen-bond acceptors (Lipinski definition) is 2. The normalized spacial score (nSPS) is 12.2. The van der Waals surface area contributed by atoms with Crippen LogP contribution in [0.3, 0.4) is 0 Å². The van der Waals surface area contributed by atoms with E-state index in [0.717, 1.165) is 28.8 Å². The molecular formula is C24H21F3N2O2. The van der Waals surface area contributed by atoms with Crippen molar-refractivity contribution in [2.75, 3.05) is 0 Å². The number of amides is 2. The fourth-order valence-corrected chi connectivity index (χ4v) is 3.21. The minimum Gasteiger partial charge on any atom is -0.368 e. The molecule has 3 aromatic carbocycles. The molecule has 31 heavy (non-hydrogen) atoms. The van der Waals surface area contributed by atoms with Gasteiger partial charge in [-0.05, 0) is 28.3 Å². The molecule has 0 bridgehead atoms. The lowest BCUT2D eigenvalue weighted by atomic mass is 10.00. The smallest absolute Gasteiger partial charge is 0.368 e. The maximum Gasteiger partial charge on any atom is 0.416 e. The van der Waals surface area contributed by atoms with Crippen LogP contribution in [-0.2, 0) is 28.6 Å². The van der Waals surface area contributed by atoms with Crippen LogP contribution in [0, 0.1) is 0 Å². The molecule has 0 aliphatic heterocycles. The molecule has 7 heteroatoms. The molecule has 160 valence electrons. The maximum absolute atomic E-state index is 12.8. The van der Waals surface area contributed by atoms with Gasteiger partial charge in [0.2, 0.25) is 11.8 Å². The first kappa shape index (κ1) is 22.1. The molecule has 0 saturated carbocycles. The van der Waals surface area contributed by atoms with Gasteiger partial charge < -0.3 is 11.1 Å². The lowest BCUT2D eigenvalue weighted by molar-refractivity contribution is -0.137. The van der Waals surface area contributed by atoms with Gasteiger partial charge in [-0.2, -0.15) is 13.2 Å². The van der Waals surface area contributed by atoms with Crippen LogP contribution < -0.4 is 11.1 Å². The summed E-state index contributed by atoms with van der Waals surface area (Å²) < 4.78 is 38.5. The van der Waals surface area contributed by atoms with Gasteiger partial charge in [-0.1, -0.05) is 72.8 Å². The Balaban J connectivity index is 1.65. The predicted molar refractivity (Wildman–Crippen MR) is 112 cm³/mol. The number of halogens is 3. The molecule has 0 radical (unpaired) electrons. The lowest BCUT2D eigenvalue weighted by Crippen LogP contribution is -2.46. The van der Waals surface area contributed by atoms with Crippen molar-refractivity contribution in [1.82, 2.24) is 5.32 Å². The van der Waals surface area contributed by atoms with Gasteiger partial charge >= 0.3 is 6.18 Å². The number of nitrogens with two attached hydrogens (primary N) is 1. The van der Waals surface area contributed by atoms with Crippen molar-refractivity contribution < 1.29 is 22.8 Å². The van der Waals surface area contributed by atoms with Crippen LogP contribution in [0.5, 0.6) is 0 Å². The molecule has 0 heterocycles. The number of hydrogen-bond donors (Lipinski definition) is 2. The average Bonchev–Trinajstić information content (AvgIpc) is 2.74. The van der Waals surface area contributed by atoms with Gasteiger partial charge in [0, 0.05) is 6.42 Å². The van der Waals surface area contributed by atoms with Gasteiger partial charge in [0.15, 0.2) is 0 Å². The first-order valence-corrected chi connectivity index (χ1v) is 9.61. The fraction of sp³-hybridized carbons (Fsp3) is 0.167. The second-order valence-corrected chi connectivity index (χ2v) is 7.16. The van der Waals surface area contributed by atoms with Crippen molar-refractivity contribution in [3.63, 3.8) is 0 Å². The Morgan fingerprint density at radius 3 is 2.10 bits per heavy atom. The first-order valence-electron chi connectivity index (χ1n) is 9.61. The molecule has 3 rings (SSSR count). The molecule has 0 saturated heterocycles. The van der Waals surface area contributed by atoms with Gasteiger partial charge in [-0.15, -0.1) is 0 Å². The van der Waals surface area contributed by atoms with Crippen molar-refractivity contribution in [1.29, 1.82) is 0 Å². The molecule has 0 unspecified atom stereocenters. The Hall–Kier alpha value is -3.61. The maximum atomic E-state index is 12.8. The number of primary amides is 1. The Kier molecular flexibility index (Phi) is 6.74. The molecule has 0 spiro atoms. The highest BCUT2D eigenvalue weighted by Gasteiger charge is 2.30. The van der Waals surface area contributed by atoms with Gasteiger partial charge in [0.25, 0.3) is 0 Å². The zero-order chi connectivity index (χ0) is 22.4. The summed E-state index contributed by atoms with van der Waals surface area (Å²) in [5, 5.41) is 2.52. The van der Waals surface area contributed by atoms with E-state index in [1.165, 1.54) is 12.1 Å². The number of alkyl halides is 3. The van der Waals surface area contributed by atoms with E-state index in [2.05, 4.69) is 5.32 Å². The van der Waals surface area contributed by atoms with Crippen LogP contribution in [0.25, 0.3) is 11.1 Å². The minimum absolute atomic E-state index is 0.179. The summed E-state index contributed by atoms with van der Waals surface area (Å²) in [5.41, 5.74) is 7.65. The molecule has 0 aliphatic rings. The zero-order valence-corrected chi connectivity index (χ0v) is 16.5. The molecule has 4 nitrogen and oxygen atoms in total. The monoisotopic (exact) mass is 426 g/mol. The van der Waals surface area contributed by atoms with Crippen LogP contribution in [-0.4, -0.2) is 17.9 Å². The molecule has 0 aliphatic carbocycles. The van der Waals surface area contributed by atoms with Gasteiger partial charge in [-0.25, -0.2) is 0 Å². The van der Waals surface area contributed by atoms with E-state index in [0.29, 0.717) is 0 Å². The van der Waals surface area contributed by atoms with Crippen molar-refractivity contribution in [3.05, 3.63) is 95.6 Å². The largest absolute Gasteiger partial charge is 0.416 e. The Bertz CT molecular complexity index is 1050. The Morgan fingerprint density at radius 2 is 1.48 bits per heavy atom. The third-order valence-corrected chi connectivity index (χ3v) is 4.80. The lowest BCUT2D eigenvalue weighted by Gasteiger charge is -2.16. The van der Waals surface area contributed by atoms with Crippen molar-refractivity contribution >= 4 is 11.8 Å². The number of nitrogens with one attached hydrogen (secondary N) is 1. The standard InChI is InChI=1S/C24H21F3N2O2/c25-24(26,27)20-8-4-5-17(13-20)15-22(30)29-21(23(28)31)14-16-9-11-19(12-10-16)18-6-2-1-3-7-18/h1-13,21H,14-15H2,(H2,28,31)(H,29,30)/t21-/m1/s1. The summed E-state index contributed by atoms with van der Waals surface area (Å²) in [6.45, 7) is 0. The van der Waals surface area contributed by atoms with Crippen LogP contribution in [0.2, 0.25) is 0 Å². The average molecular weight is 426 g/mol. The van der Waals surface area contributed by atoms with Crippen LogP contribution in [0.15, 0.2) is 78.9 Å². The van der Waals surface area contributed by atoms with Crippen molar-refractivity contribution in [2.45, 2.75) is 25.1 Å². The second-order valence-electron chi connectivity index (χ2n) is 7.16. The number of carbonyl (C=O) groups excluding carboxylic acids is 2. The Labute approximate surface area is 177 Å². The van der Waals surface area contributed by atoms with E-state index in [4.69, 9.17) is 5.73 Å². The van der Waals surface area contributed by atoms with Gasteiger partial charge in [0.05, 0.1) is 12.0 Å². The molecule has 2 amide bonds. The van der Waals surface area contributed by atoms with Crippen LogP contribution in [0.4, 0.5) is 13.2 Å². The van der Waals surface area contributed by atoms with E-state index in [1.807, 2.05) is 54.6 Å². The summed E-state index contributed by atoms with van der Waals surface area (Å²) >= 11 is 0. The summed E-state index contributed by atoms with van der Waals surface area (Å²) in [4.78, 5) is 24.1. The van der Waals surface area contributed by atoms with Crippen molar-refractivity contribution in [2.24, 2.45) is 5.73 Å². The van der Waals surface area contributed by atoms with E-state index < -0.39 is 29.6 Å². The summed E-state index contributed by atoms with van der Waals surface area (Å²) in [7, 11) is 0. The second kappa shape index (κ2) is 9.47. The third kappa shape index (κ3) is 6.18. The van der Waals surface area contributed by atoms with Gasteiger partial charge in [0.1, 0.15) is 6.04 Å². The quantitative estimate of drug-likeness (QED) is 0.596. The van der Waals surface area contributed by atoms with Crippen LogP contribution >= 0.6 is 0 Å². The first-order chi connectivity index (χ1) is 14.7. The van der Waals surface area contributed by atoms with E-state index >= 15 is 0 Å². The summed E-state index contributed by atoms with van der Waals surface area (Å²) in [5.74, 6) is -1.30. The molecule has 0 fully saturated rings. The minimum atomic E-state index is -4.49. The molecule has 0 aromatic heterocycles. The third-order valence-electron chi connectivity index (χ3n) is 4.80. The molecule has 3 N–H and O–H groups in total. The van der Waals surface area contributed by atoms with Crippen molar-refractivity contribution in [3.8, 4) is 11.1 Å². The van der Waals surface area contributed by atoms with Gasteiger partial charge in [-0.3, -0.25) is 9.59 Å². The molecule has 1 atom stereocenters. The zero-order valence-electron chi connectivity index (χ0n) is 16.5. The Morgan fingerprint density at radius 1 is 0.839 bits per heavy atom. The highest BCUT2D eigenvalue weighted by molar-refractivity contribution is 5.87. The number of carbonyl (C=O) groups is 2. The number of benzene rings is 3. The number of rotatable bonds is 7. The van der Waals surface area contributed by atoms with E-state index in [1.54, 1.807) is 0 Å². The van der Waals surface area contributed by atoms with E-state index in [-0.39, 0.29) is 18.4 Å². The fourth-order valence-electron chi connectivity index (χ4n) is 3.21. The highest BCUT2D eigenvalue weighted by atomic mass is 19.4. The topological polar surface area (TPSA) is 72.2 Å². The SMILES string of the molecule is NC(=O)[C@@H](Cc1ccc(-c2ccccc2)cc1)NC(=O)Cc1cccc(C(F)(F)F)c1. The highest BCUT2D eigenvalue weighted by Crippen LogP contribution is 2.29. The predicted octanol–water partition coefficient (Wildman–Crippen LogP) is 4.13. The summed E-state index contributed by atoms with van der Waals surface area (Å²) in [6, 6.07) is 20.8. The van der Waals surface area contributed by atoms with Crippen LogP contribution in [0.1, 0.15) is 16.7 Å². The van der Waals surface area contributed by atoms with E-state index in [9.17, 15) is 22.8 Å². The molecule has 3 aromatic rings.